The number of benzene rings is 1. The van der Waals surface area contributed by atoms with E-state index in [1.807, 2.05) is 0 Å². The molecule has 0 bridgehead atoms. The Morgan fingerprint density at radius 3 is 2.55 bits per heavy atom. The van der Waals surface area contributed by atoms with Crippen molar-refractivity contribution in [3.05, 3.63) is 28.2 Å². The van der Waals surface area contributed by atoms with Crippen molar-refractivity contribution in [3.8, 4) is 11.3 Å². The number of nitrogens with zero attached hydrogens (tertiary/aromatic N) is 4. The Labute approximate surface area is 126 Å². The SMILES string of the molecule is Nc1nc(N2CCCC2)nnc1-c1cccc(Cl)c1Cl. The molecule has 0 aliphatic carbocycles. The van der Waals surface area contributed by atoms with E-state index in [2.05, 4.69) is 20.1 Å². The molecule has 1 saturated heterocycles. The van der Waals surface area contributed by atoms with Crippen molar-refractivity contribution >= 4 is 35.0 Å². The van der Waals surface area contributed by atoms with Gasteiger partial charge in [-0.05, 0) is 18.9 Å². The average molecular weight is 310 g/mol. The lowest BCUT2D eigenvalue weighted by Crippen LogP contribution is -2.21. The van der Waals surface area contributed by atoms with Crippen LogP contribution in [0.2, 0.25) is 10.0 Å². The highest BCUT2D eigenvalue weighted by atomic mass is 35.5. The third kappa shape index (κ3) is 2.39. The van der Waals surface area contributed by atoms with Crippen LogP contribution >= 0.6 is 23.2 Å². The molecule has 0 radical (unpaired) electrons. The van der Waals surface area contributed by atoms with Crippen LogP contribution in [-0.4, -0.2) is 28.3 Å². The highest BCUT2D eigenvalue weighted by Crippen LogP contribution is 2.34. The van der Waals surface area contributed by atoms with Crippen LogP contribution in [0.25, 0.3) is 11.3 Å². The van der Waals surface area contributed by atoms with Crippen LogP contribution in [0.3, 0.4) is 0 Å². The van der Waals surface area contributed by atoms with Crippen LogP contribution < -0.4 is 10.6 Å². The first-order chi connectivity index (χ1) is 9.66. The van der Waals surface area contributed by atoms with Gasteiger partial charge >= 0.3 is 0 Å². The Morgan fingerprint density at radius 1 is 1.10 bits per heavy atom. The molecule has 1 fully saturated rings. The van der Waals surface area contributed by atoms with Crippen LogP contribution in [0, 0.1) is 0 Å². The first kappa shape index (κ1) is 13.4. The van der Waals surface area contributed by atoms with Crippen molar-refractivity contribution in [2.75, 3.05) is 23.7 Å². The zero-order valence-corrected chi connectivity index (χ0v) is 12.2. The number of rotatable bonds is 2. The molecule has 7 heteroatoms. The summed E-state index contributed by atoms with van der Waals surface area (Å²) in [5, 5.41) is 9.19. The molecule has 0 saturated carbocycles. The van der Waals surface area contributed by atoms with Gasteiger partial charge in [0, 0.05) is 18.7 Å². The van der Waals surface area contributed by atoms with E-state index in [-0.39, 0.29) is 0 Å². The molecule has 104 valence electrons. The molecule has 1 aliphatic heterocycles. The lowest BCUT2D eigenvalue weighted by atomic mass is 10.1. The third-order valence-corrected chi connectivity index (χ3v) is 4.12. The summed E-state index contributed by atoms with van der Waals surface area (Å²) in [6, 6.07) is 5.30. The summed E-state index contributed by atoms with van der Waals surface area (Å²) < 4.78 is 0. The summed E-state index contributed by atoms with van der Waals surface area (Å²) in [7, 11) is 0. The summed E-state index contributed by atoms with van der Waals surface area (Å²) in [6.45, 7) is 1.89. The molecular weight excluding hydrogens is 297 g/mol. The average Bonchev–Trinajstić information content (AvgIpc) is 2.96. The lowest BCUT2D eigenvalue weighted by Gasteiger charge is -2.15. The predicted molar refractivity (Wildman–Crippen MR) is 81.1 cm³/mol. The van der Waals surface area contributed by atoms with E-state index < -0.39 is 0 Å². The quantitative estimate of drug-likeness (QED) is 0.923. The number of nitrogens with two attached hydrogens (primary N) is 1. The van der Waals surface area contributed by atoms with Gasteiger partial charge in [-0.15, -0.1) is 10.2 Å². The van der Waals surface area contributed by atoms with Crippen molar-refractivity contribution in [3.63, 3.8) is 0 Å². The molecular formula is C13H13Cl2N5. The molecule has 0 atom stereocenters. The second-order valence-electron chi connectivity index (χ2n) is 4.64. The zero-order valence-electron chi connectivity index (χ0n) is 10.7. The van der Waals surface area contributed by atoms with Gasteiger partial charge in [-0.25, -0.2) is 0 Å². The number of aromatic nitrogens is 3. The summed E-state index contributed by atoms with van der Waals surface area (Å²) in [5.41, 5.74) is 7.10. The number of anilines is 2. The van der Waals surface area contributed by atoms with Gasteiger partial charge in [0.25, 0.3) is 0 Å². The largest absolute Gasteiger partial charge is 0.382 e. The van der Waals surface area contributed by atoms with Crippen LogP contribution in [0.4, 0.5) is 11.8 Å². The highest BCUT2D eigenvalue weighted by Gasteiger charge is 2.18. The van der Waals surface area contributed by atoms with E-state index in [0.717, 1.165) is 25.9 Å². The summed E-state index contributed by atoms with van der Waals surface area (Å²) in [4.78, 5) is 6.41. The van der Waals surface area contributed by atoms with Crippen LogP contribution in [0.1, 0.15) is 12.8 Å². The number of halogens is 2. The molecule has 2 N–H and O–H groups in total. The van der Waals surface area contributed by atoms with Gasteiger partial charge in [0.1, 0.15) is 5.69 Å². The van der Waals surface area contributed by atoms with Crippen LogP contribution in [0.15, 0.2) is 18.2 Å². The molecule has 0 unspecified atom stereocenters. The Bertz CT molecular complexity index is 641. The third-order valence-electron chi connectivity index (χ3n) is 3.30. The Morgan fingerprint density at radius 2 is 1.85 bits per heavy atom. The van der Waals surface area contributed by atoms with E-state index in [9.17, 15) is 0 Å². The van der Waals surface area contributed by atoms with E-state index >= 15 is 0 Å². The Hall–Kier alpha value is -1.59. The second-order valence-corrected chi connectivity index (χ2v) is 5.43. The fourth-order valence-corrected chi connectivity index (χ4v) is 2.65. The first-order valence-corrected chi connectivity index (χ1v) is 7.12. The smallest absolute Gasteiger partial charge is 0.247 e. The van der Waals surface area contributed by atoms with Crippen LogP contribution in [0.5, 0.6) is 0 Å². The minimum absolute atomic E-state index is 0.311. The van der Waals surface area contributed by atoms with Crippen molar-refractivity contribution in [2.45, 2.75) is 12.8 Å². The predicted octanol–water partition coefficient (Wildman–Crippen LogP) is 3.03. The maximum absolute atomic E-state index is 6.17. The molecule has 1 aliphatic rings. The van der Waals surface area contributed by atoms with Crippen molar-refractivity contribution in [1.82, 2.24) is 15.2 Å². The molecule has 5 nitrogen and oxygen atoms in total. The number of hydrogen-bond donors (Lipinski definition) is 1. The van der Waals surface area contributed by atoms with Gasteiger partial charge in [-0.1, -0.05) is 35.3 Å². The fourth-order valence-electron chi connectivity index (χ4n) is 2.26. The monoisotopic (exact) mass is 309 g/mol. The molecule has 2 aromatic rings. The van der Waals surface area contributed by atoms with Gasteiger partial charge < -0.3 is 10.6 Å². The molecule has 20 heavy (non-hydrogen) atoms. The fraction of sp³-hybridized carbons (Fsp3) is 0.308. The first-order valence-electron chi connectivity index (χ1n) is 6.36. The van der Waals surface area contributed by atoms with Crippen molar-refractivity contribution < 1.29 is 0 Å². The van der Waals surface area contributed by atoms with E-state index in [1.54, 1.807) is 18.2 Å². The normalized spacial score (nSPS) is 14.8. The van der Waals surface area contributed by atoms with E-state index in [0.29, 0.717) is 33.1 Å². The van der Waals surface area contributed by atoms with E-state index in [1.165, 1.54) is 0 Å². The van der Waals surface area contributed by atoms with Crippen LogP contribution in [-0.2, 0) is 0 Å². The van der Waals surface area contributed by atoms with Gasteiger partial charge in [0.15, 0.2) is 5.82 Å². The molecule has 1 aromatic carbocycles. The van der Waals surface area contributed by atoms with E-state index in [4.69, 9.17) is 28.9 Å². The topological polar surface area (TPSA) is 67.9 Å². The molecule has 0 amide bonds. The van der Waals surface area contributed by atoms with Crippen molar-refractivity contribution in [2.24, 2.45) is 0 Å². The molecule has 1 aromatic heterocycles. The molecule has 2 heterocycles. The number of hydrogen-bond acceptors (Lipinski definition) is 5. The van der Waals surface area contributed by atoms with Gasteiger partial charge in [-0.2, -0.15) is 4.98 Å². The van der Waals surface area contributed by atoms with Gasteiger partial charge in [-0.3, -0.25) is 0 Å². The highest BCUT2D eigenvalue weighted by molar-refractivity contribution is 6.43. The minimum atomic E-state index is 0.311. The van der Waals surface area contributed by atoms with Gasteiger partial charge in [0.2, 0.25) is 5.95 Å². The Kier molecular flexibility index (Phi) is 3.63. The summed E-state index contributed by atoms with van der Waals surface area (Å²) in [5.74, 6) is 0.882. The summed E-state index contributed by atoms with van der Waals surface area (Å²) >= 11 is 12.2. The Balaban J connectivity index is 2.00. The lowest BCUT2D eigenvalue weighted by molar-refractivity contribution is 0.857. The van der Waals surface area contributed by atoms with Gasteiger partial charge in [0.05, 0.1) is 10.0 Å². The number of nitrogen functional groups attached to an aromatic ring is 1. The zero-order chi connectivity index (χ0) is 14.1. The maximum atomic E-state index is 6.17. The molecule has 0 spiro atoms. The summed E-state index contributed by atoms with van der Waals surface area (Å²) in [6.07, 6.45) is 2.29. The second kappa shape index (κ2) is 5.42. The van der Waals surface area contributed by atoms with Crippen molar-refractivity contribution in [1.29, 1.82) is 0 Å². The standard InChI is InChI=1S/C13H13Cl2N5/c14-9-5-3-4-8(10(9)15)11-12(16)17-13(19-18-11)20-6-1-2-7-20/h3-5H,1-2,6-7H2,(H2,16,17,19). The molecule has 3 rings (SSSR count). The minimum Gasteiger partial charge on any atom is -0.382 e. The maximum Gasteiger partial charge on any atom is 0.247 e.